The monoisotopic (exact) mass is 1250 g/mol. The molecular weight excluding hydrogens is 1150 g/mol. The standard InChI is InChI=1S/4C24H24/c1-9-13-21-17(5)22(14-10-2)19(7)24(16-12-4)20(8)23(15-11-3)18(21)6;1-9-13-21-17(5)18(6)23(15-11-3)24(16-12-4)20(8)22(14-10-2)19(21)7;1-9-13-21-17(5)18(6)22(14-10-2)20(8)24(16-12-4)23(15-11-3)19(21)7;1-9-13-21-17(5)18(6)23(15-11-3)24(16-12-4)20(8)19(7)22(21)14-10-2/h4*1-8H3/b21-17-,21-18?,22-17?,22-19-,23-18?,23-20?,24-19?,24-20?;18-17?,21-17?,21-19-,22-19?,22-20-,23-18?,24-20?,24-23?;18-17-,21-17?,21-19-,22-18?,22-20?,23-19?,24-20?,24-23?;18-17-,20-19?,21-17?,22-19?,22-21-,23-18?,24-20?,24-23?. The molecule has 0 aliphatic heterocycles. The van der Waals surface area contributed by atoms with Crippen LogP contribution in [0.4, 0.5) is 0 Å². The Labute approximate surface area is 585 Å². The van der Waals surface area contributed by atoms with Gasteiger partial charge in [-0.25, -0.2) is 0 Å². The molecule has 0 aromatic carbocycles. The summed E-state index contributed by atoms with van der Waals surface area (Å²) in [6.45, 7) is 63.1. The van der Waals surface area contributed by atoms with Crippen LogP contribution in [-0.4, -0.2) is 0 Å². The maximum atomic E-state index is 3.26. The second-order valence-corrected chi connectivity index (χ2v) is 22.0. The summed E-state index contributed by atoms with van der Waals surface area (Å²) >= 11 is 0. The van der Waals surface area contributed by atoms with Crippen LogP contribution in [0.3, 0.4) is 0 Å². The van der Waals surface area contributed by atoms with Crippen molar-refractivity contribution in [3.8, 4) is 189 Å². The molecule has 0 saturated carbocycles. The SMILES string of the molecule is CC#CC1=C(C#CC)/C(C)=C(C#CC)\C(C)=C(\C#CC)C(C)=C1C.CC#CC1=C(C#CC)/C(C)=C(C#CC)\C(C)=C(\C)C(C#CC)=C1C.CC#CC1=C(C#CC)/C(C)=C(C)\C(C#CC)=C(\C#CC)C(C)=C1C.CC#CC1=C(C)/C(C#CC)=C(C)\C(C#CC)=C(\C)C(C#CC)=C1C. The van der Waals surface area contributed by atoms with Crippen molar-refractivity contribution in [3.63, 3.8) is 0 Å². The first-order chi connectivity index (χ1) is 45.7. The van der Waals surface area contributed by atoms with Gasteiger partial charge in [0.15, 0.2) is 0 Å². The minimum atomic E-state index is 0.948. The summed E-state index contributed by atoms with van der Waals surface area (Å²) in [6, 6.07) is 0. The van der Waals surface area contributed by atoms with Crippen molar-refractivity contribution in [2.45, 2.75) is 222 Å². The van der Waals surface area contributed by atoms with Crippen molar-refractivity contribution in [2.24, 2.45) is 0 Å². The van der Waals surface area contributed by atoms with E-state index >= 15 is 0 Å². The molecule has 0 atom stereocenters. The highest BCUT2D eigenvalue weighted by molar-refractivity contribution is 5.77. The van der Waals surface area contributed by atoms with E-state index in [9.17, 15) is 0 Å². The Morgan fingerprint density at radius 2 is 0.156 bits per heavy atom. The van der Waals surface area contributed by atoms with Gasteiger partial charge in [0.25, 0.3) is 0 Å². The molecule has 0 spiro atoms. The van der Waals surface area contributed by atoms with E-state index in [0.29, 0.717) is 0 Å². The number of allylic oxidation sites excluding steroid dienone is 32. The summed E-state index contributed by atoms with van der Waals surface area (Å²) in [6.07, 6.45) is 0. The molecule has 0 unspecified atom stereocenters. The van der Waals surface area contributed by atoms with E-state index in [0.717, 1.165) is 178 Å². The molecule has 4 rings (SSSR count). The Morgan fingerprint density at radius 1 is 0.0938 bits per heavy atom. The van der Waals surface area contributed by atoms with Crippen LogP contribution < -0.4 is 0 Å². The lowest BCUT2D eigenvalue weighted by Crippen LogP contribution is -2.05. The van der Waals surface area contributed by atoms with Crippen LogP contribution in [0.2, 0.25) is 0 Å². The van der Waals surface area contributed by atoms with E-state index in [1.54, 1.807) is 0 Å². The highest BCUT2D eigenvalue weighted by atomic mass is 14.3. The molecule has 4 aliphatic rings. The van der Waals surface area contributed by atoms with Crippen molar-refractivity contribution < 1.29 is 0 Å². The van der Waals surface area contributed by atoms with Gasteiger partial charge in [0, 0.05) is 89.2 Å². The average molecular weight is 1250 g/mol. The Kier molecular flexibility index (Phi) is 36.3. The minimum absolute atomic E-state index is 0.948. The van der Waals surface area contributed by atoms with Gasteiger partial charge in [-0.1, -0.05) is 94.7 Å². The molecule has 0 heterocycles. The van der Waals surface area contributed by atoms with Crippen molar-refractivity contribution in [2.75, 3.05) is 0 Å². The van der Waals surface area contributed by atoms with Crippen LogP contribution in [0.25, 0.3) is 0 Å². The fourth-order valence-corrected chi connectivity index (χ4v) is 11.0. The van der Waals surface area contributed by atoms with Crippen molar-refractivity contribution in [1.82, 2.24) is 0 Å². The molecule has 0 N–H and O–H groups in total. The molecule has 0 saturated heterocycles. The molecule has 0 heteroatoms. The number of hydrogen-bond acceptors (Lipinski definition) is 0. The summed E-state index contributed by atoms with van der Waals surface area (Å²) in [5, 5.41) is 0. The van der Waals surface area contributed by atoms with Crippen LogP contribution in [0, 0.1) is 189 Å². The zero-order valence-electron chi connectivity index (χ0n) is 64.0. The number of rotatable bonds is 0. The van der Waals surface area contributed by atoms with Gasteiger partial charge in [-0.05, 0) is 311 Å². The van der Waals surface area contributed by atoms with Crippen LogP contribution in [0.15, 0.2) is 178 Å². The molecule has 0 bridgehead atoms. The zero-order valence-corrected chi connectivity index (χ0v) is 64.0. The molecule has 4 aliphatic carbocycles. The molecule has 480 valence electrons. The Balaban J connectivity index is 0.000000640. The lowest BCUT2D eigenvalue weighted by Gasteiger charge is -2.19. The van der Waals surface area contributed by atoms with E-state index in [4.69, 9.17) is 0 Å². The van der Waals surface area contributed by atoms with Gasteiger partial charge in [-0.3, -0.25) is 0 Å². The van der Waals surface area contributed by atoms with Gasteiger partial charge in [-0.15, -0.1) is 94.7 Å². The molecule has 0 amide bonds. The fraction of sp³-hybridized carbons (Fsp3) is 0.333. The quantitative estimate of drug-likeness (QED) is 0.212. The average Bonchev–Trinajstić information content (AvgIpc) is 0.819. The molecule has 0 nitrogen and oxygen atoms in total. The van der Waals surface area contributed by atoms with E-state index in [1.165, 1.54) is 0 Å². The Bertz CT molecular complexity index is 4550. The first kappa shape index (κ1) is 82.8. The molecule has 0 aromatic heterocycles. The van der Waals surface area contributed by atoms with E-state index in [2.05, 4.69) is 300 Å². The lowest BCUT2D eigenvalue weighted by atomic mass is 9.83. The van der Waals surface area contributed by atoms with Gasteiger partial charge >= 0.3 is 0 Å². The van der Waals surface area contributed by atoms with E-state index in [-0.39, 0.29) is 0 Å². The van der Waals surface area contributed by atoms with Gasteiger partial charge < -0.3 is 0 Å². The highest BCUT2D eigenvalue weighted by Crippen LogP contribution is 2.39. The van der Waals surface area contributed by atoms with Gasteiger partial charge in [0.05, 0.1) is 0 Å². The molecule has 96 heavy (non-hydrogen) atoms. The van der Waals surface area contributed by atoms with Crippen LogP contribution in [0.1, 0.15) is 222 Å². The fourth-order valence-electron chi connectivity index (χ4n) is 11.0. The smallest absolute Gasteiger partial charge is 0.0446 e. The lowest BCUT2D eigenvalue weighted by molar-refractivity contribution is 1.21. The summed E-state index contributed by atoms with van der Waals surface area (Å²) in [5.74, 6) is 101. The zero-order chi connectivity index (χ0) is 73.1. The second kappa shape index (κ2) is 42.1. The maximum absolute atomic E-state index is 3.26. The normalized spacial score (nSPS) is 20.3. The van der Waals surface area contributed by atoms with Gasteiger partial charge in [-0.2, -0.15) is 0 Å². The third-order valence-corrected chi connectivity index (χ3v) is 16.2. The van der Waals surface area contributed by atoms with Crippen LogP contribution in [0.5, 0.6) is 0 Å². The second-order valence-electron chi connectivity index (χ2n) is 22.0. The summed E-state index contributed by atoms with van der Waals surface area (Å²) < 4.78 is 0. The molecular formula is C96H96. The maximum Gasteiger partial charge on any atom is 0.0446 e. The highest BCUT2D eigenvalue weighted by Gasteiger charge is 2.25. The first-order valence-electron chi connectivity index (χ1n) is 32.0. The molecule has 0 aromatic rings. The van der Waals surface area contributed by atoms with Crippen molar-refractivity contribution in [3.05, 3.63) is 178 Å². The molecule has 0 radical (unpaired) electrons. The summed E-state index contributed by atoms with van der Waals surface area (Å²) in [7, 11) is 0. The Hall–Kier alpha value is -11.2. The van der Waals surface area contributed by atoms with Crippen molar-refractivity contribution in [1.29, 1.82) is 0 Å². The van der Waals surface area contributed by atoms with Crippen LogP contribution in [-0.2, 0) is 0 Å². The van der Waals surface area contributed by atoms with E-state index < -0.39 is 0 Å². The predicted molar refractivity (Wildman–Crippen MR) is 418 cm³/mol. The largest absolute Gasteiger partial charge is 0.101 e. The van der Waals surface area contributed by atoms with Gasteiger partial charge in [0.2, 0.25) is 0 Å². The molecule has 0 fully saturated rings. The predicted octanol–water partition coefficient (Wildman–Crippen LogP) is 21.4. The van der Waals surface area contributed by atoms with E-state index in [1.807, 2.05) is 111 Å². The Morgan fingerprint density at radius 3 is 0.260 bits per heavy atom. The third kappa shape index (κ3) is 20.4. The minimum Gasteiger partial charge on any atom is -0.101 e. The summed E-state index contributed by atoms with van der Waals surface area (Å²) in [4.78, 5) is 0. The number of hydrogen-bond donors (Lipinski definition) is 0. The van der Waals surface area contributed by atoms with Gasteiger partial charge in [0.1, 0.15) is 0 Å². The van der Waals surface area contributed by atoms with Crippen LogP contribution >= 0.6 is 0 Å². The first-order valence-corrected chi connectivity index (χ1v) is 32.0. The van der Waals surface area contributed by atoms with Crippen molar-refractivity contribution >= 4 is 0 Å². The third-order valence-electron chi connectivity index (χ3n) is 16.2. The topological polar surface area (TPSA) is 0 Å². The summed E-state index contributed by atoms with van der Waals surface area (Å²) in [5.41, 5.74) is 33.6.